The van der Waals surface area contributed by atoms with Crippen molar-refractivity contribution < 1.29 is 34.2 Å². The van der Waals surface area contributed by atoms with E-state index in [0.717, 1.165) is 0 Å². The Hall–Kier alpha value is -2.38. The van der Waals surface area contributed by atoms with Crippen molar-refractivity contribution in [1.29, 1.82) is 0 Å². The van der Waals surface area contributed by atoms with E-state index in [1.54, 1.807) is 0 Å². The Kier molecular flexibility index (Phi) is 15.1. The second-order valence-electron chi connectivity index (χ2n) is 7.30. The predicted molar refractivity (Wildman–Crippen MR) is 120 cm³/mol. The Balaban J connectivity index is 4.95. The van der Waals surface area contributed by atoms with Crippen LogP contribution in [0.15, 0.2) is 0 Å². The van der Waals surface area contributed by atoms with Gasteiger partial charge >= 0.3 is 11.9 Å². The fourth-order valence-corrected chi connectivity index (χ4v) is 3.09. The maximum absolute atomic E-state index is 12.6. The summed E-state index contributed by atoms with van der Waals surface area (Å²) in [6, 6.07) is -4.23. The van der Waals surface area contributed by atoms with Crippen LogP contribution in [0.1, 0.15) is 45.4 Å². The number of nitrogens with two attached hydrogens (primary N) is 2. The van der Waals surface area contributed by atoms with Crippen molar-refractivity contribution in [3.63, 3.8) is 0 Å². The molecule has 0 rings (SSSR count). The predicted octanol–water partition coefficient (Wildman–Crippen LogP) is -1.38. The Morgan fingerprint density at radius 1 is 0.875 bits per heavy atom. The van der Waals surface area contributed by atoms with Crippen molar-refractivity contribution in [2.75, 3.05) is 18.6 Å². The van der Waals surface area contributed by atoms with Gasteiger partial charge in [-0.3, -0.25) is 19.2 Å². The number of aliphatic carboxylic acids is 2. The van der Waals surface area contributed by atoms with Crippen molar-refractivity contribution in [3.8, 4) is 0 Å². The summed E-state index contributed by atoms with van der Waals surface area (Å²) >= 11 is 1.45. The molecule has 0 saturated carbocycles. The molecule has 4 unspecified atom stereocenters. The molecule has 9 N–H and O–H groups in total. The lowest BCUT2D eigenvalue weighted by Gasteiger charge is -2.23. The van der Waals surface area contributed by atoms with E-state index in [1.165, 1.54) is 18.7 Å². The Labute approximate surface area is 191 Å². The summed E-state index contributed by atoms with van der Waals surface area (Å²) in [7, 11) is 0. The van der Waals surface area contributed by atoms with Gasteiger partial charge in [-0.05, 0) is 57.6 Å². The summed E-state index contributed by atoms with van der Waals surface area (Å²) < 4.78 is 0. The lowest BCUT2D eigenvalue weighted by molar-refractivity contribution is -0.142. The molecule has 0 fully saturated rings. The largest absolute Gasteiger partial charge is 0.481 e. The molecule has 32 heavy (non-hydrogen) atoms. The van der Waals surface area contributed by atoms with Gasteiger partial charge in [0.05, 0.1) is 6.04 Å². The molecule has 0 radical (unpaired) electrons. The van der Waals surface area contributed by atoms with Crippen LogP contribution in [0.3, 0.4) is 0 Å². The SMILES string of the molecule is CSCCC(NC(=O)C(N)CCC(=O)O)C(=O)NC(C)C(=O)NC(CCCCN)C(=O)O. The van der Waals surface area contributed by atoms with E-state index in [-0.39, 0.29) is 25.7 Å². The average molecular weight is 478 g/mol. The van der Waals surface area contributed by atoms with Gasteiger partial charge in [-0.2, -0.15) is 11.8 Å². The minimum atomic E-state index is -1.19. The first kappa shape index (κ1) is 29.6. The van der Waals surface area contributed by atoms with Crippen LogP contribution in [0, 0.1) is 0 Å². The van der Waals surface area contributed by atoms with Crippen LogP contribution in [0.2, 0.25) is 0 Å². The van der Waals surface area contributed by atoms with Gasteiger partial charge in [0.2, 0.25) is 17.7 Å². The van der Waals surface area contributed by atoms with Crippen LogP contribution in [-0.4, -0.2) is 82.6 Å². The molecular weight excluding hydrogens is 442 g/mol. The molecule has 0 aromatic carbocycles. The van der Waals surface area contributed by atoms with E-state index >= 15 is 0 Å². The second kappa shape index (κ2) is 16.3. The molecule has 0 aromatic rings. The second-order valence-corrected chi connectivity index (χ2v) is 8.28. The van der Waals surface area contributed by atoms with Gasteiger partial charge in [-0.1, -0.05) is 0 Å². The summed E-state index contributed by atoms with van der Waals surface area (Å²) in [5.41, 5.74) is 11.1. The first-order valence-corrected chi connectivity index (χ1v) is 11.7. The third-order valence-electron chi connectivity index (χ3n) is 4.56. The number of hydrogen-bond donors (Lipinski definition) is 7. The minimum Gasteiger partial charge on any atom is -0.481 e. The molecule has 0 aliphatic rings. The zero-order valence-electron chi connectivity index (χ0n) is 18.5. The van der Waals surface area contributed by atoms with Crippen LogP contribution in [0.4, 0.5) is 0 Å². The van der Waals surface area contributed by atoms with Crippen molar-refractivity contribution in [3.05, 3.63) is 0 Å². The maximum Gasteiger partial charge on any atom is 0.326 e. The third kappa shape index (κ3) is 12.5. The first-order chi connectivity index (χ1) is 15.0. The number of hydrogen-bond acceptors (Lipinski definition) is 8. The van der Waals surface area contributed by atoms with Gasteiger partial charge in [0.25, 0.3) is 0 Å². The number of carboxylic acid groups (broad SMARTS) is 2. The van der Waals surface area contributed by atoms with E-state index < -0.39 is 53.8 Å². The monoisotopic (exact) mass is 477 g/mol. The molecular formula is C19H35N5O7S. The van der Waals surface area contributed by atoms with Crippen LogP contribution < -0.4 is 27.4 Å². The van der Waals surface area contributed by atoms with Crippen LogP contribution in [0.25, 0.3) is 0 Å². The molecule has 13 heteroatoms. The van der Waals surface area contributed by atoms with Crippen LogP contribution >= 0.6 is 11.8 Å². The molecule has 0 bridgehead atoms. The topological polar surface area (TPSA) is 214 Å². The molecule has 0 heterocycles. The quantitative estimate of drug-likeness (QED) is 0.122. The highest BCUT2D eigenvalue weighted by Crippen LogP contribution is 2.05. The Morgan fingerprint density at radius 3 is 2.03 bits per heavy atom. The Bertz CT molecular complexity index is 650. The maximum atomic E-state index is 12.6. The number of thioether (sulfide) groups is 1. The third-order valence-corrected chi connectivity index (χ3v) is 5.21. The lowest BCUT2D eigenvalue weighted by atomic mass is 10.1. The molecule has 0 aliphatic carbocycles. The van der Waals surface area contributed by atoms with Gasteiger partial charge < -0.3 is 37.6 Å². The minimum absolute atomic E-state index is 0.0857. The fourth-order valence-electron chi connectivity index (χ4n) is 2.62. The van der Waals surface area contributed by atoms with Crippen LogP contribution in [0.5, 0.6) is 0 Å². The number of rotatable bonds is 17. The summed E-state index contributed by atoms with van der Waals surface area (Å²) in [5, 5.41) is 25.3. The van der Waals surface area contributed by atoms with E-state index in [9.17, 15) is 29.1 Å². The number of nitrogens with one attached hydrogen (secondary N) is 3. The van der Waals surface area contributed by atoms with Gasteiger partial charge in [0.15, 0.2) is 0 Å². The van der Waals surface area contributed by atoms with Crippen molar-refractivity contribution in [2.45, 2.75) is 69.6 Å². The molecule has 4 atom stereocenters. The molecule has 184 valence electrons. The van der Waals surface area contributed by atoms with Gasteiger partial charge in [-0.15, -0.1) is 0 Å². The number of unbranched alkanes of at least 4 members (excludes halogenated alkanes) is 1. The van der Waals surface area contributed by atoms with Crippen LogP contribution in [-0.2, 0) is 24.0 Å². The van der Waals surface area contributed by atoms with Crippen molar-refractivity contribution in [1.82, 2.24) is 16.0 Å². The summed E-state index contributed by atoms with van der Waals surface area (Å²) in [5.74, 6) is -3.72. The van der Waals surface area contributed by atoms with E-state index in [0.29, 0.717) is 25.1 Å². The summed E-state index contributed by atoms with van der Waals surface area (Å²) in [4.78, 5) is 59.2. The zero-order valence-corrected chi connectivity index (χ0v) is 19.3. The van der Waals surface area contributed by atoms with E-state index in [4.69, 9.17) is 16.6 Å². The highest BCUT2D eigenvalue weighted by atomic mass is 32.2. The first-order valence-electron chi connectivity index (χ1n) is 10.3. The van der Waals surface area contributed by atoms with E-state index in [1.807, 2.05) is 6.26 Å². The lowest BCUT2D eigenvalue weighted by Crippen LogP contribution is -2.56. The molecule has 0 spiro atoms. The summed E-state index contributed by atoms with van der Waals surface area (Å²) in [6.45, 7) is 1.81. The van der Waals surface area contributed by atoms with Crippen molar-refractivity contribution >= 4 is 41.4 Å². The van der Waals surface area contributed by atoms with Gasteiger partial charge in [-0.25, -0.2) is 4.79 Å². The number of amides is 3. The fraction of sp³-hybridized carbons (Fsp3) is 0.737. The Morgan fingerprint density at radius 2 is 1.50 bits per heavy atom. The van der Waals surface area contributed by atoms with Crippen molar-refractivity contribution in [2.24, 2.45) is 11.5 Å². The number of carbonyl (C=O) groups is 5. The molecule has 0 saturated heterocycles. The van der Waals surface area contributed by atoms with E-state index in [2.05, 4.69) is 16.0 Å². The smallest absolute Gasteiger partial charge is 0.326 e. The molecule has 12 nitrogen and oxygen atoms in total. The number of carbonyl (C=O) groups excluding carboxylic acids is 3. The number of carboxylic acids is 2. The van der Waals surface area contributed by atoms with Gasteiger partial charge in [0.1, 0.15) is 18.1 Å². The highest BCUT2D eigenvalue weighted by molar-refractivity contribution is 7.98. The summed E-state index contributed by atoms with van der Waals surface area (Å²) in [6.07, 6.45) is 3.06. The average Bonchev–Trinajstić information content (AvgIpc) is 2.73. The van der Waals surface area contributed by atoms with Gasteiger partial charge in [0, 0.05) is 6.42 Å². The molecule has 0 aromatic heterocycles. The molecule has 3 amide bonds. The zero-order chi connectivity index (χ0) is 24.7. The molecule has 0 aliphatic heterocycles. The highest BCUT2D eigenvalue weighted by Gasteiger charge is 2.28. The standard InChI is InChI=1S/C19H35N5O7S/c1-11(16(27)24-14(19(30)31)5-3-4-9-20)22-18(29)13(8-10-32-2)23-17(28)12(21)6-7-15(25)26/h11-14H,3-10,20-21H2,1-2H3,(H,22,29)(H,23,28)(H,24,27)(H,25,26)(H,30,31). The normalized spacial score (nSPS) is 14.5.